The number of rotatable bonds is 9. The lowest BCUT2D eigenvalue weighted by molar-refractivity contribution is -0.147. The van der Waals surface area contributed by atoms with Gasteiger partial charge in [-0.3, -0.25) is 19.4 Å². The van der Waals surface area contributed by atoms with Gasteiger partial charge in [0.2, 0.25) is 21.8 Å². The molecule has 0 radical (unpaired) electrons. The second-order valence-corrected chi connectivity index (χ2v) is 9.40. The third-order valence-corrected chi connectivity index (χ3v) is 6.92. The maximum absolute atomic E-state index is 12.3. The van der Waals surface area contributed by atoms with Crippen molar-refractivity contribution in [1.29, 1.82) is 0 Å². The first-order valence-electron chi connectivity index (χ1n) is 10.1. The van der Waals surface area contributed by atoms with Crippen LogP contribution < -0.4 is 9.46 Å². The quantitative estimate of drug-likeness (QED) is 0.602. The summed E-state index contributed by atoms with van der Waals surface area (Å²) in [6.07, 6.45) is 3.27. The van der Waals surface area contributed by atoms with Crippen LogP contribution in [0.15, 0.2) is 24.3 Å². The molecule has 2 amide bonds. The number of benzene rings is 1. The second kappa shape index (κ2) is 9.69. The van der Waals surface area contributed by atoms with Crippen LogP contribution in [-0.2, 0) is 19.6 Å². The lowest BCUT2D eigenvalue weighted by Crippen LogP contribution is -2.44. The molecule has 2 saturated heterocycles. The summed E-state index contributed by atoms with van der Waals surface area (Å²) >= 11 is 0. The smallest absolute Gasteiger partial charge is 0.229 e. The molecule has 2 aliphatic rings. The second-order valence-electron chi connectivity index (χ2n) is 7.47. The number of methoxy groups -OCH3 is 1. The van der Waals surface area contributed by atoms with Gasteiger partial charge in [0.05, 0.1) is 12.9 Å². The summed E-state index contributed by atoms with van der Waals surface area (Å²) in [5.41, 5.74) is 1.20. The third-order valence-electron chi connectivity index (χ3n) is 5.55. The Labute approximate surface area is 172 Å². The highest BCUT2D eigenvalue weighted by molar-refractivity contribution is 7.89. The number of nitrogens with one attached hydrogen (secondary N) is 1. The van der Waals surface area contributed by atoms with Crippen LogP contribution in [0.3, 0.4) is 0 Å². The van der Waals surface area contributed by atoms with Gasteiger partial charge in [0.25, 0.3) is 0 Å². The lowest BCUT2D eigenvalue weighted by Gasteiger charge is -2.26. The predicted octanol–water partition coefficient (Wildman–Crippen LogP) is 1.29. The van der Waals surface area contributed by atoms with Crippen LogP contribution in [0.4, 0.5) is 0 Å². The molecule has 0 spiro atoms. The van der Waals surface area contributed by atoms with Crippen molar-refractivity contribution >= 4 is 21.8 Å². The molecule has 29 heavy (non-hydrogen) atoms. The molecule has 8 nitrogen and oxygen atoms in total. The minimum atomic E-state index is -3.55. The van der Waals surface area contributed by atoms with Crippen molar-refractivity contribution in [3.63, 3.8) is 0 Å². The number of amides is 2. The van der Waals surface area contributed by atoms with Gasteiger partial charge in [0.15, 0.2) is 0 Å². The van der Waals surface area contributed by atoms with Gasteiger partial charge < -0.3 is 4.74 Å². The molecular formula is C20H29N3O5S. The average Bonchev–Trinajstić information content (AvgIpc) is 3.16. The number of imide groups is 1. The van der Waals surface area contributed by atoms with Crippen LogP contribution in [0.5, 0.6) is 5.75 Å². The monoisotopic (exact) mass is 423 g/mol. The van der Waals surface area contributed by atoms with E-state index in [1.165, 1.54) is 5.56 Å². The first-order valence-corrected chi connectivity index (χ1v) is 11.7. The Morgan fingerprint density at radius 2 is 1.76 bits per heavy atom. The molecule has 1 aromatic rings. The van der Waals surface area contributed by atoms with Crippen molar-refractivity contribution in [3.05, 3.63) is 29.8 Å². The zero-order chi connectivity index (χ0) is 20.9. The molecule has 2 heterocycles. The topological polar surface area (TPSA) is 96.0 Å². The minimum Gasteiger partial charge on any atom is -0.497 e. The van der Waals surface area contributed by atoms with Crippen LogP contribution in [0.2, 0.25) is 0 Å². The highest BCUT2D eigenvalue weighted by Crippen LogP contribution is 2.32. The Bertz CT molecular complexity index is 809. The summed E-state index contributed by atoms with van der Waals surface area (Å²) in [4.78, 5) is 26.9. The molecule has 9 heteroatoms. The first kappa shape index (κ1) is 21.7. The molecule has 160 valence electrons. The predicted molar refractivity (Wildman–Crippen MR) is 109 cm³/mol. The maximum Gasteiger partial charge on any atom is 0.229 e. The average molecular weight is 424 g/mol. The van der Waals surface area contributed by atoms with E-state index in [2.05, 4.69) is 21.8 Å². The van der Waals surface area contributed by atoms with Gasteiger partial charge in [-0.15, -0.1) is 0 Å². The van der Waals surface area contributed by atoms with Crippen molar-refractivity contribution in [2.75, 3.05) is 39.0 Å². The molecule has 1 aromatic carbocycles. The molecule has 1 N–H and O–H groups in total. The number of piperidine rings is 1. The van der Waals surface area contributed by atoms with Crippen molar-refractivity contribution in [2.45, 2.75) is 38.1 Å². The van der Waals surface area contributed by atoms with Crippen LogP contribution in [0, 0.1) is 0 Å². The van der Waals surface area contributed by atoms with E-state index in [-0.39, 0.29) is 30.2 Å². The molecule has 2 aliphatic heterocycles. The Hall–Kier alpha value is -1.97. The van der Waals surface area contributed by atoms with Gasteiger partial charge in [-0.25, -0.2) is 13.1 Å². The number of likely N-dealkylation sites (tertiary alicyclic amines) is 2. The van der Waals surface area contributed by atoms with E-state index >= 15 is 0 Å². The number of hydrogen-bond acceptors (Lipinski definition) is 6. The van der Waals surface area contributed by atoms with Crippen molar-refractivity contribution in [3.8, 4) is 5.75 Å². The zero-order valence-electron chi connectivity index (χ0n) is 16.8. The number of nitrogens with zero attached hydrogens (tertiary/aromatic N) is 2. The molecular weight excluding hydrogens is 394 g/mol. The highest BCUT2D eigenvalue weighted by Gasteiger charge is 2.28. The number of sulfonamides is 1. The Morgan fingerprint density at radius 1 is 1.07 bits per heavy atom. The standard InChI is InChI=1S/C20H29N3O5S/c1-28-17-9-7-16(8-10-17)18-4-3-12-22(18)13-11-21-29(26,27)15-14-23-19(24)5-2-6-20(23)25/h7-10,18,21H,2-6,11-15H2,1H3. The van der Waals surface area contributed by atoms with Gasteiger partial charge in [0.1, 0.15) is 5.75 Å². The fourth-order valence-corrected chi connectivity index (χ4v) is 4.94. The van der Waals surface area contributed by atoms with E-state index in [4.69, 9.17) is 4.74 Å². The molecule has 0 bridgehead atoms. The van der Waals surface area contributed by atoms with E-state index in [0.717, 1.165) is 30.0 Å². The fourth-order valence-electron chi connectivity index (χ4n) is 3.97. The van der Waals surface area contributed by atoms with Gasteiger partial charge in [0, 0.05) is 38.5 Å². The maximum atomic E-state index is 12.3. The summed E-state index contributed by atoms with van der Waals surface area (Å²) in [6, 6.07) is 8.26. The van der Waals surface area contributed by atoms with E-state index in [1.54, 1.807) is 7.11 Å². The van der Waals surface area contributed by atoms with E-state index in [0.29, 0.717) is 32.4 Å². The van der Waals surface area contributed by atoms with Gasteiger partial charge in [-0.1, -0.05) is 12.1 Å². The van der Waals surface area contributed by atoms with Gasteiger partial charge in [-0.2, -0.15) is 0 Å². The van der Waals surface area contributed by atoms with Crippen LogP contribution in [0.25, 0.3) is 0 Å². The summed E-state index contributed by atoms with van der Waals surface area (Å²) in [5, 5.41) is 0. The normalized spacial score (nSPS) is 21.0. The number of carbonyl (C=O) groups excluding carboxylic acids is 2. The Kier molecular flexibility index (Phi) is 7.26. The molecule has 0 saturated carbocycles. The summed E-state index contributed by atoms with van der Waals surface area (Å²) in [6.45, 7) is 1.76. The number of hydrogen-bond donors (Lipinski definition) is 1. The van der Waals surface area contributed by atoms with Crippen LogP contribution in [0.1, 0.15) is 43.7 Å². The Morgan fingerprint density at radius 3 is 2.41 bits per heavy atom. The van der Waals surface area contributed by atoms with E-state index < -0.39 is 10.0 Å². The number of carbonyl (C=O) groups is 2. The van der Waals surface area contributed by atoms with Crippen molar-refractivity contribution in [1.82, 2.24) is 14.5 Å². The summed E-state index contributed by atoms with van der Waals surface area (Å²) < 4.78 is 32.4. The molecule has 2 fully saturated rings. The molecule has 0 aromatic heterocycles. The van der Waals surface area contributed by atoms with Crippen LogP contribution in [-0.4, -0.2) is 69.1 Å². The van der Waals surface area contributed by atoms with Crippen LogP contribution >= 0.6 is 0 Å². The third kappa shape index (κ3) is 5.77. The van der Waals surface area contributed by atoms with E-state index in [9.17, 15) is 18.0 Å². The zero-order valence-corrected chi connectivity index (χ0v) is 17.6. The molecule has 3 rings (SSSR count). The summed E-state index contributed by atoms with van der Waals surface area (Å²) in [5.74, 6) is -0.00438. The highest BCUT2D eigenvalue weighted by atomic mass is 32.2. The number of ether oxygens (including phenoxy) is 1. The minimum absolute atomic E-state index is 0.0782. The molecule has 0 aliphatic carbocycles. The Balaban J connectivity index is 1.47. The van der Waals surface area contributed by atoms with E-state index in [1.807, 2.05) is 12.1 Å². The fraction of sp³-hybridized carbons (Fsp3) is 0.600. The lowest BCUT2D eigenvalue weighted by atomic mass is 10.0. The molecule has 1 unspecified atom stereocenters. The van der Waals surface area contributed by atoms with Gasteiger partial charge in [-0.05, 0) is 43.5 Å². The van der Waals surface area contributed by atoms with Gasteiger partial charge >= 0.3 is 0 Å². The first-order chi connectivity index (χ1) is 13.9. The van der Waals surface area contributed by atoms with Crippen molar-refractivity contribution < 1.29 is 22.7 Å². The van der Waals surface area contributed by atoms with Crippen molar-refractivity contribution in [2.24, 2.45) is 0 Å². The molecule has 1 atom stereocenters. The summed E-state index contributed by atoms with van der Waals surface area (Å²) in [7, 11) is -1.91. The largest absolute Gasteiger partial charge is 0.497 e. The SMILES string of the molecule is COc1ccc(C2CCCN2CCNS(=O)(=O)CCN2C(=O)CCCC2=O)cc1.